The summed E-state index contributed by atoms with van der Waals surface area (Å²) >= 11 is 0. The molecule has 0 amide bonds. The SMILES string of the molecule is Cn1cncc1COCC1(N)CCCC1. The maximum absolute atomic E-state index is 6.19. The molecule has 1 aromatic rings. The van der Waals surface area contributed by atoms with Gasteiger partial charge in [0.15, 0.2) is 0 Å². The van der Waals surface area contributed by atoms with Crippen molar-refractivity contribution in [1.82, 2.24) is 9.55 Å². The van der Waals surface area contributed by atoms with Crippen molar-refractivity contribution in [3.63, 3.8) is 0 Å². The molecule has 15 heavy (non-hydrogen) atoms. The minimum Gasteiger partial charge on any atom is -0.373 e. The maximum atomic E-state index is 6.19. The Morgan fingerprint density at radius 3 is 2.87 bits per heavy atom. The number of rotatable bonds is 4. The summed E-state index contributed by atoms with van der Waals surface area (Å²) in [6, 6.07) is 0. The fraction of sp³-hybridized carbons (Fsp3) is 0.727. The van der Waals surface area contributed by atoms with Gasteiger partial charge in [0.2, 0.25) is 0 Å². The van der Waals surface area contributed by atoms with Crippen LogP contribution in [0.3, 0.4) is 0 Å². The maximum Gasteiger partial charge on any atom is 0.0946 e. The van der Waals surface area contributed by atoms with Crippen molar-refractivity contribution in [1.29, 1.82) is 0 Å². The molecule has 0 saturated heterocycles. The molecule has 0 spiro atoms. The second kappa shape index (κ2) is 4.33. The third-order valence-electron chi connectivity index (χ3n) is 3.16. The van der Waals surface area contributed by atoms with Crippen LogP contribution in [0.15, 0.2) is 12.5 Å². The van der Waals surface area contributed by atoms with E-state index >= 15 is 0 Å². The van der Waals surface area contributed by atoms with Gasteiger partial charge in [-0.1, -0.05) is 12.8 Å². The molecule has 1 heterocycles. The second-order valence-electron chi connectivity index (χ2n) is 4.56. The first-order valence-corrected chi connectivity index (χ1v) is 5.51. The zero-order chi connectivity index (χ0) is 10.7. The normalized spacial score (nSPS) is 19.6. The van der Waals surface area contributed by atoms with Crippen molar-refractivity contribution < 1.29 is 4.74 Å². The predicted molar refractivity (Wildman–Crippen MR) is 58.3 cm³/mol. The Morgan fingerprint density at radius 2 is 2.27 bits per heavy atom. The molecule has 0 unspecified atom stereocenters. The van der Waals surface area contributed by atoms with Gasteiger partial charge in [0.25, 0.3) is 0 Å². The number of nitrogens with zero attached hydrogens (tertiary/aromatic N) is 2. The average molecular weight is 209 g/mol. The van der Waals surface area contributed by atoms with Gasteiger partial charge in [-0.2, -0.15) is 0 Å². The summed E-state index contributed by atoms with van der Waals surface area (Å²) in [5.41, 5.74) is 7.21. The van der Waals surface area contributed by atoms with Crippen LogP contribution in [0.1, 0.15) is 31.4 Å². The van der Waals surface area contributed by atoms with E-state index in [4.69, 9.17) is 10.5 Å². The Labute approximate surface area is 90.4 Å². The van der Waals surface area contributed by atoms with Crippen LogP contribution < -0.4 is 5.73 Å². The van der Waals surface area contributed by atoms with Crippen molar-refractivity contribution in [2.75, 3.05) is 6.61 Å². The first kappa shape index (κ1) is 10.6. The first-order chi connectivity index (χ1) is 7.20. The molecule has 1 aliphatic rings. The van der Waals surface area contributed by atoms with Crippen LogP contribution in [-0.4, -0.2) is 21.7 Å². The van der Waals surface area contributed by atoms with Crippen LogP contribution in [0.25, 0.3) is 0 Å². The Bertz CT molecular complexity index is 315. The second-order valence-corrected chi connectivity index (χ2v) is 4.56. The topological polar surface area (TPSA) is 53.1 Å². The molecule has 1 aromatic heterocycles. The van der Waals surface area contributed by atoms with Crippen LogP contribution in [-0.2, 0) is 18.4 Å². The van der Waals surface area contributed by atoms with E-state index < -0.39 is 0 Å². The summed E-state index contributed by atoms with van der Waals surface area (Å²) in [7, 11) is 1.97. The minimum absolute atomic E-state index is 0.0708. The Balaban J connectivity index is 1.77. The lowest BCUT2D eigenvalue weighted by Crippen LogP contribution is -2.41. The molecule has 84 valence electrons. The molecule has 4 heteroatoms. The lowest BCUT2D eigenvalue weighted by atomic mass is 10.0. The molecular weight excluding hydrogens is 190 g/mol. The molecule has 1 fully saturated rings. The number of imidazole rings is 1. The zero-order valence-corrected chi connectivity index (χ0v) is 9.28. The molecule has 1 aliphatic carbocycles. The fourth-order valence-electron chi connectivity index (χ4n) is 2.11. The zero-order valence-electron chi connectivity index (χ0n) is 9.28. The van der Waals surface area contributed by atoms with Gasteiger partial charge in [0, 0.05) is 12.6 Å². The third kappa shape index (κ3) is 2.58. The van der Waals surface area contributed by atoms with E-state index in [0.717, 1.165) is 18.5 Å². The lowest BCUT2D eigenvalue weighted by Gasteiger charge is -2.23. The number of hydrogen-bond acceptors (Lipinski definition) is 3. The highest BCUT2D eigenvalue weighted by atomic mass is 16.5. The molecule has 0 aromatic carbocycles. The van der Waals surface area contributed by atoms with Crippen LogP contribution in [0.2, 0.25) is 0 Å². The Morgan fingerprint density at radius 1 is 1.53 bits per heavy atom. The summed E-state index contributed by atoms with van der Waals surface area (Å²) in [4.78, 5) is 4.04. The molecule has 4 nitrogen and oxygen atoms in total. The molecule has 0 atom stereocenters. The summed E-state index contributed by atoms with van der Waals surface area (Å²) in [6.45, 7) is 1.27. The van der Waals surface area contributed by atoms with Gasteiger partial charge in [-0.25, -0.2) is 4.98 Å². The molecule has 0 bridgehead atoms. The number of hydrogen-bond donors (Lipinski definition) is 1. The largest absolute Gasteiger partial charge is 0.373 e. The molecule has 1 saturated carbocycles. The monoisotopic (exact) mass is 209 g/mol. The van der Waals surface area contributed by atoms with Gasteiger partial charge in [-0.15, -0.1) is 0 Å². The average Bonchev–Trinajstić information content (AvgIpc) is 2.78. The van der Waals surface area contributed by atoms with Crippen molar-refractivity contribution in [3.8, 4) is 0 Å². The molecule has 2 N–H and O–H groups in total. The van der Waals surface area contributed by atoms with Gasteiger partial charge in [0.1, 0.15) is 0 Å². The molecule has 2 rings (SSSR count). The summed E-state index contributed by atoms with van der Waals surface area (Å²) in [6.07, 6.45) is 8.29. The lowest BCUT2D eigenvalue weighted by molar-refractivity contribution is 0.0718. The van der Waals surface area contributed by atoms with E-state index in [0.29, 0.717) is 13.2 Å². The highest BCUT2D eigenvalue weighted by Crippen LogP contribution is 2.27. The highest BCUT2D eigenvalue weighted by molar-refractivity contribution is 4.95. The van der Waals surface area contributed by atoms with Crippen LogP contribution >= 0.6 is 0 Å². The Hall–Kier alpha value is -0.870. The number of ether oxygens (including phenoxy) is 1. The van der Waals surface area contributed by atoms with Crippen LogP contribution in [0, 0.1) is 0 Å². The summed E-state index contributed by atoms with van der Waals surface area (Å²) in [5, 5.41) is 0. The summed E-state index contributed by atoms with van der Waals surface area (Å²) < 4.78 is 7.63. The fourth-order valence-corrected chi connectivity index (χ4v) is 2.11. The van der Waals surface area contributed by atoms with E-state index in [1.54, 1.807) is 6.33 Å². The van der Waals surface area contributed by atoms with Crippen molar-refractivity contribution in [2.24, 2.45) is 12.8 Å². The van der Waals surface area contributed by atoms with Crippen LogP contribution in [0.5, 0.6) is 0 Å². The van der Waals surface area contributed by atoms with Crippen molar-refractivity contribution in [2.45, 2.75) is 37.8 Å². The quantitative estimate of drug-likeness (QED) is 0.811. The van der Waals surface area contributed by atoms with E-state index in [1.165, 1.54) is 12.8 Å². The first-order valence-electron chi connectivity index (χ1n) is 5.51. The van der Waals surface area contributed by atoms with E-state index in [-0.39, 0.29) is 5.54 Å². The predicted octanol–water partition coefficient (Wildman–Crippen LogP) is 1.21. The van der Waals surface area contributed by atoms with Gasteiger partial charge in [-0.05, 0) is 12.8 Å². The van der Waals surface area contributed by atoms with Gasteiger partial charge >= 0.3 is 0 Å². The van der Waals surface area contributed by atoms with Gasteiger partial charge < -0.3 is 15.0 Å². The molecular formula is C11H19N3O. The number of nitrogens with two attached hydrogens (primary N) is 1. The smallest absolute Gasteiger partial charge is 0.0946 e. The van der Waals surface area contributed by atoms with E-state index in [9.17, 15) is 0 Å². The minimum atomic E-state index is -0.0708. The van der Waals surface area contributed by atoms with Crippen LogP contribution in [0.4, 0.5) is 0 Å². The third-order valence-corrected chi connectivity index (χ3v) is 3.16. The number of aromatic nitrogens is 2. The molecule has 0 radical (unpaired) electrons. The van der Waals surface area contributed by atoms with E-state index in [2.05, 4.69) is 4.98 Å². The van der Waals surface area contributed by atoms with Gasteiger partial charge in [-0.3, -0.25) is 0 Å². The van der Waals surface area contributed by atoms with Crippen molar-refractivity contribution >= 4 is 0 Å². The molecule has 0 aliphatic heterocycles. The summed E-state index contributed by atoms with van der Waals surface area (Å²) in [5.74, 6) is 0. The van der Waals surface area contributed by atoms with E-state index in [1.807, 2.05) is 17.8 Å². The highest BCUT2D eigenvalue weighted by Gasteiger charge is 2.29. The Kier molecular flexibility index (Phi) is 3.07. The van der Waals surface area contributed by atoms with Crippen molar-refractivity contribution in [3.05, 3.63) is 18.2 Å². The van der Waals surface area contributed by atoms with Gasteiger partial charge in [0.05, 0.1) is 31.4 Å². The standard InChI is InChI=1S/C11H19N3O/c1-14-9-13-6-10(14)7-15-8-11(12)4-2-3-5-11/h6,9H,2-5,7-8,12H2,1H3. The number of aryl methyl sites for hydroxylation is 1.